The molecule has 0 fully saturated rings. The summed E-state index contributed by atoms with van der Waals surface area (Å²) < 4.78 is 6.64. The van der Waals surface area contributed by atoms with E-state index in [0.717, 1.165) is 44.7 Å². The van der Waals surface area contributed by atoms with E-state index in [1.54, 1.807) is 11.8 Å². The molecule has 1 aromatic heterocycles. The fourth-order valence-corrected chi connectivity index (χ4v) is 4.87. The van der Waals surface area contributed by atoms with Crippen molar-refractivity contribution in [1.29, 1.82) is 0 Å². The van der Waals surface area contributed by atoms with Gasteiger partial charge in [0.05, 0.1) is 16.8 Å². The van der Waals surface area contributed by atoms with E-state index in [1.165, 1.54) is 11.3 Å². The topological polar surface area (TPSA) is 45.7 Å². The molecule has 1 heterocycles. The first-order valence-corrected chi connectivity index (χ1v) is 12.0. The van der Waals surface area contributed by atoms with Crippen molar-refractivity contribution in [1.82, 2.24) is 9.88 Å². The quantitative estimate of drug-likeness (QED) is 0.342. The van der Waals surface area contributed by atoms with Crippen molar-refractivity contribution in [3.8, 4) is 5.75 Å². The van der Waals surface area contributed by atoms with E-state index >= 15 is 0 Å². The summed E-state index contributed by atoms with van der Waals surface area (Å²) in [5, 5.41) is 0.732. The minimum atomic E-state index is -0.00334. The van der Waals surface area contributed by atoms with E-state index < -0.39 is 0 Å². The van der Waals surface area contributed by atoms with Gasteiger partial charge in [-0.25, -0.2) is 4.98 Å². The van der Waals surface area contributed by atoms with Gasteiger partial charge in [-0.15, -0.1) is 24.2 Å². The van der Waals surface area contributed by atoms with Crippen LogP contribution in [0, 0.1) is 0 Å². The molecule has 3 aromatic rings. The van der Waals surface area contributed by atoms with Crippen molar-refractivity contribution >= 4 is 56.8 Å². The van der Waals surface area contributed by atoms with Gasteiger partial charge in [0.15, 0.2) is 5.13 Å². The molecule has 0 saturated carbocycles. The standard InChI is InChI=1S/C23H29N3O2S2.ClH/c1-5-28-18-11-12-20-21(16-18)30-23(24-20)26(14-8-13-25(3)4)22(27)17-9-7-10-19(15-17)29-6-2;/h7,9-12,15-16H,5-6,8,13-14H2,1-4H3;1H. The Bertz CT molecular complexity index is 994. The average molecular weight is 480 g/mol. The van der Waals surface area contributed by atoms with E-state index in [1.807, 2.05) is 68.4 Å². The van der Waals surface area contributed by atoms with Gasteiger partial charge in [0, 0.05) is 17.0 Å². The van der Waals surface area contributed by atoms with Crippen LogP contribution in [0.5, 0.6) is 5.75 Å². The molecule has 8 heteroatoms. The number of hydrogen-bond donors (Lipinski definition) is 0. The first-order chi connectivity index (χ1) is 14.5. The predicted molar refractivity (Wildman–Crippen MR) is 136 cm³/mol. The van der Waals surface area contributed by atoms with E-state index in [-0.39, 0.29) is 18.3 Å². The number of aromatic nitrogens is 1. The number of hydrogen-bond acceptors (Lipinski definition) is 6. The Morgan fingerprint density at radius 2 is 1.94 bits per heavy atom. The molecule has 168 valence electrons. The number of anilines is 1. The number of amides is 1. The molecule has 31 heavy (non-hydrogen) atoms. The maximum absolute atomic E-state index is 13.5. The highest BCUT2D eigenvalue weighted by molar-refractivity contribution is 7.99. The minimum absolute atomic E-state index is 0. The Hall–Kier alpha value is -1.80. The number of benzene rings is 2. The van der Waals surface area contributed by atoms with Gasteiger partial charge in [0.25, 0.3) is 5.91 Å². The van der Waals surface area contributed by atoms with E-state index in [0.29, 0.717) is 18.7 Å². The summed E-state index contributed by atoms with van der Waals surface area (Å²) in [6.07, 6.45) is 0.877. The van der Waals surface area contributed by atoms with Gasteiger partial charge in [0.1, 0.15) is 5.75 Å². The molecule has 0 atom stereocenters. The summed E-state index contributed by atoms with van der Waals surface area (Å²) in [7, 11) is 4.09. The number of carbonyl (C=O) groups excluding carboxylic acids is 1. The molecule has 0 aliphatic rings. The molecule has 0 aliphatic carbocycles. The van der Waals surface area contributed by atoms with Gasteiger partial charge >= 0.3 is 0 Å². The zero-order valence-corrected chi connectivity index (χ0v) is 20.9. The number of fused-ring (bicyclic) bond motifs is 1. The molecule has 0 spiro atoms. The van der Waals surface area contributed by atoms with Gasteiger partial charge in [-0.1, -0.05) is 24.3 Å². The molecule has 2 aromatic carbocycles. The van der Waals surface area contributed by atoms with Crippen LogP contribution in [0.15, 0.2) is 47.4 Å². The first-order valence-electron chi connectivity index (χ1n) is 10.2. The second-order valence-electron chi connectivity index (χ2n) is 7.13. The van der Waals surface area contributed by atoms with Crippen LogP contribution in [0.1, 0.15) is 30.6 Å². The summed E-state index contributed by atoms with van der Waals surface area (Å²) in [5.74, 6) is 1.80. The second kappa shape index (κ2) is 12.3. The highest BCUT2D eigenvalue weighted by Crippen LogP contribution is 2.32. The Morgan fingerprint density at radius 1 is 1.13 bits per heavy atom. The normalized spacial score (nSPS) is 10.9. The van der Waals surface area contributed by atoms with Gasteiger partial charge in [0.2, 0.25) is 0 Å². The third kappa shape index (κ3) is 6.84. The number of ether oxygens (including phenoxy) is 1. The third-order valence-corrected chi connectivity index (χ3v) is 6.43. The molecule has 3 rings (SSSR count). The van der Waals surface area contributed by atoms with Crippen LogP contribution in [0.4, 0.5) is 5.13 Å². The van der Waals surface area contributed by atoms with Crippen molar-refractivity contribution in [2.24, 2.45) is 0 Å². The maximum atomic E-state index is 13.5. The fraction of sp³-hybridized carbons (Fsp3) is 0.391. The van der Waals surface area contributed by atoms with Crippen LogP contribution in [-0.2, 0) is 0 Å². The number of halogens is 1. The van der Waals surface area contributed by atoms with Gasteiger partial charge < -0.3 is 9.64 Å². The smallest absolute Gasteiger partial charge is 0.260 e. The molecule has 0 saturated heterocycles. The van der Waals surface area contributed by atoms with Crippen LogP contribution in [0.3, 0.4) is 0 Å². The highest BCUT2D eigenvalue weighted by atomic mass is 35.5. The molecule has 0 unspecified atom stereocenters. The van der Waals surface area contributed by atoms with E-state index in [9.17, 15) is 4.79 Å². The zero-order chi connectivity index (χ0) is 21.5. The van der Waals surface area contributed by atoms with Crippen molar-refractivity contribution in [3.63, 3.8) is 0 Å². The Labute approximate surface area is 199 Å². The minimum Gasteiger partial charge on any atom is -0.494 e. The average Bonchev–Trinajstić information content (AvgIpc) is 3.14. The lowest BCUT2D eigenvalue weighted by atomic mass is 10.2. The molecular formula is C23H30ClN3O2S2. The molecule has 0 bridgehead atoms. The number of nitrogens with zero attached hydrogens (tertiary/aromatic N) is 3. The summed E-state index contributed by atoms with van der Waals surface area (Å²) in [6.45, 7) is 6.25. The molecule has 0 radical (unpaired) electrons. The van der Waals surface area contributed by atoms with Crippen molar-refractivity contribution in [2.45, 2.75) is 25.2 Å². The first kappa shape index (κ1) is 25.5. The monoisotopic (exact) mass is 479 g/mol. The highest BCUT2D eigenvalue weighted by Gasteiger charge is 2.21. The molecule has 5 nitrogen and oxygen atoms in total. The third-order valence-electron chi connectivity index (χ3n) is 4.51. The number of carbonyl (C=O) groups is 1. The Balaban J connectivity index is 0.00000341. The molecule has 1 amide bonds. The lowest BCUT2D eigenvalue weighted by Gasteiger charge is -2.21. The lowest BCUT2D eigenvalue weighted by molar-refractivity contribution is 0.0986. The van der Waals surface area contributed by atoms with Gasteiger partial charge in [-0.3, -0.25) is 9.69 Å². The molecular weight excluding hydrogens is 450 g/mol. The Morgan fingerprint density at radius 3 is 2.65 bits per heavy atom. The number of thiazole rings is 1. The summed E-state index contributed by atoms with van der Waals surface area (Å²) in [4.78, 5) is 23.3. The number of thioether (sulfide) groups is 1. The summed E-state index contributed by atoms with van der Waals surface area (Å²) in [6, 6.07) is 13.8. The largest absolute Gasteiger partial charge is 0.494 e. The SMILES string of the molecule is CCOc1ccc2nc(N(CCCN(C)C)C(=O)c3cccc(SCC)c3)sc2c1.Cl. The van der Waals surface area contributed by atoms with E-state index in [4.69, 9.17) is 9.72 Å². The second-order valence-corrected chi connectivity index (χ2v) is 9.48. The van der Waals surface area contributed by atoms with Crippen molar-refractivity contribution < 1.29 is 9.53 Å². The molecule has 0 aliphatic heterocycles. The van der Waals surface area contributed by atoms with Gasteiger partial charge in [-0.2, -0.15) is 0 Å². The van der Waals surface area contributed by atoms with Crippen molar-refractivity contribution in [2.75, 3.05) is 44.4 Å². The maximum Gasteiger partial charge on any atom is 0.260 e. The van der Waals surface area contributed by atoms with E-state index in [2.05, 4.69) is 11.8 Å². The number of rotatable bonds is 10. The Kier molecular flexibility index (Phi) is 10.1. The van der Waals surface area contributed by atoms with Crippen LogP contribution in [-0.4, -0.2) is 55.3 Å². The zero-order valence-electron chi connectivity index (χ0n) is 18.5. The summed E-state index contributed by atoms with van der Waals surface area (Å²) >= 11 is 3.28. The summed E-state index contributed by atoms with van der Waals surface area (Å²) in [5.41, 5.74) is 1.59. The lowest BCUT2D eigenvalue weighted by Crippen LogP contribution is -2.33. The van der Waals surface area contributed by atoms with Crippen LogP contribution < -0.4 is 9.64 Å². The van der Waals surface area contributed by atoms with Crippen LogP contribution in [0.2, 0.25) is 0 Å². The fourth-order valence-electron chi connectivity index (χ4n) is 3.14. The van der Waals surface area contributed by atoms with Crippen molar-refractivity contribution in [3.05, 3.63) is 48.0 Å². The van der Waals surface area contributed by atoms with Crippen LogP contribution in [0.25, 0.3) is 10.2 Å². The van der Waals surface area contributed by atoms with Gasteiger partial charge in [-0.05, 0) is 76.1 Å². The predicted octanol–water partition coefficient (Wildman–Crippen LogP) is 5.83. The van der Waals surface area contributed by atoms with Crippen LogP contribution >= 0.6 is 35.5 Å². The molecule has 0 N–H and O–H groups in total.